The SMILES string of the molecule is Cc1oc(C2(C)CC=CCC2)nc1CO. The number of allylic oxidation sites excluding steroid dienone is 2. The van der Waals surface area contributed by atoms with Crippen molar-refractivity contribution in [1.29, 1.82) is 0 Å². The summed E-state index contributed by atoms with van der Waals surface area (Å²) < 4.78 is 5.64. The molecule has 82 valence electrons. The Bertz CT molecular complexity index is 381. The van der Waals surface area contributed by atoms with Gasteiger partial charge in [0.15, 0.2) is 0 Å². The summed E-state index contributed by atoms with van der Waals surface area (Å²) in [6.45, 7) is 3.98. The molecule has 0 aliphatic heterocycles. The normalized spacial score (nSPS) is 25.8. The average Bonchev–Trinajstić information content (AvgIpc) is 2.61. The van der Waals surface area contributed by atoms with Gasteiger partial charge in [0.1, 0.15) is 11.5 Å². The lowest BCUT2D eigenvalue weighted by Gasteiger charge is -2.26. The highest BCUT2D eigenvalue weighted by Gasteiger charge is 2.32. The number of hydrogen-bond donors (Lipinski definition) is 1. The van der Waals surface area contributed by atoms with Gasteiger partial charge < -0.3 is 9.52 Å². The van der Waals surface area contributed by atoms with E-state index in [0.29, 0.717) is 5.69 Å². The minimum absolute atomic E-state index is 0.00687. The maximum absolute atomic E-state index is 9.08. The summed E-state index contributed by atoms with van der Waals surface area (Å²) in [6, 6.07) is 0. The van der Waals surface area contributed by atoms with Crippen LogP contribution in [0.1, 0.15) is 43.5 Å². The topological polar surface area (TPSA) is 46.3 Å². The average molecular weight is 207 g/mol. The molecule has 0 fully saturated rings. The molecule has 1 aliphatic carbocycles. The summed E-state index contributed by atoms with van der Waals surface area (Å²) in [5.41, 5.74) is 0.674. The highest BCUT2D eigenvalue weighted by Crippen LogP contribution is 2.36. The van der Waals surface area contributed by atoms with Crippen LogP contribution in [-0.4, -0.2) is 10.1 Å². The van der Waals surface area contributed by atoms with Gasteiger partial charge in [0.2, 0.25) is 5.89 Å². The number of aromatic nitrogens is 1. The third kappa shape index (κ3) is 1.84. The zero-order valence-corrected chi connectivity index (χ0v) is 9.29. The molecular weight excluding hydrogens is 190 g/mol. The third-order valence-electron chi connectivity index (χ3n) is 3.16. The first-order chi connectivity index (χ1) is 7.15. The van der Waals surface area contributed by atoms with Crippen molar-refractivity contribution in [3.63, 3.8) is 0 Å². The van der Waals surface area contributed by atoms with Gasteiger partial charge >= 0.3 is 0 Å². The zero-order chi connectivity index (χ0) is 10.9. The first kappa shape index (κ1) is 10.4. The van der Waals surface area contributed by atoms with Gasteiger partial charge in [-0.25, -0.2) is 4.98 Å². The van der Waals surface area contributed by atoms with Crippen molar-refractivity contribution < 1.29 is 9.52 Å². The second-order valence-corrected chi connectivity index (χ2v) is 4.45. The van der Waals surface area contributed by atoms with E-state index in [4.69, 9.17) is 9.52 Å². The van der Waals surface area contributed by atoms with E-state index in [2.05, 4.69) is 24.1 Å². The van der Waals surface area contributed by atoms with Gasteiger partial charge in [-0.1, -0.05) is 19.1 Å². The lowest BCUT2D eigenvalue weighted by molar-refractivity contribution is 0.275. The van der Waals surface area contributed by atoms with Gasteiger partial charge in [0, 0.05) is 5.41 Å². The molecule has 0 saturated heterocycles. The van der Waals surface area contributed by atoms with E-state index in [-0.39, 0.29) is 12.0 Å². The summed E-state index contributed by atoms with van der Waals surface area (Å²) in [6.07, 6.45) is 7.49. The Morgan fingerprint density at radius 2 is 2.33 bits per heavy atom. The molecule has 1 heterocycles. The van der Waals surface area contributed by atoms with Gasteiger partial charge in [-0.15, -0.1) is 0 Å². The first-order valence-corrected chi connectivity index (χ1v) is 5.38. The smallest absolute Gasteiger partial charge is 0.200 e. The van der Waals surface area contributed by atoms with Crippen LogP contribution < -0.4 is 0 Å². The van der Waals surface area contributed by atoms with E-state index in [9.17, 15) is 0 Å². The monoisotopic (exact) mass is 207 g/mol. The molecule has 1 unspecified atom stereocenters. The summed E-state index contributed by atoms with van der Waals surface area (Å²) in [4.78, 5) is 4.37. The Labute approximate surface area is 89.8 Å². The molecule has 0 aromatic carbocycles. The molecule has 1 aromatic heterocycles. The molecule has 0 spiro atoms. The maximum atomic E-state index is 9.08. The second kappa shape index (κ2) is 3.81. The van der Waals surface area contributed by atoms with Crippen LogP contribution in [0, 0.1) is 6.92 Å². The number of oxazole rings is 1. The van der Waals surface area contributed by atoms with Crippen LogP contribution in [0.5, 0.6) is 0 Å². The van der Waals surface area contributed by atoms with Gasteiger partial charge in [-0.2, -0.15) is 0 Å². The summed E-state index contributed by atoms with van der Waals surface area (Å²) >= 11 is 0. The van der Waals surface area contributed by atoms with Crippen molar-refractivity contribution in [1.82, 2.24) is 4.98 Å². The molecule has 1 aromatic rings. The summed E-state index contributed by atoms with van der Waals surface area (Å²) in [5, 5.41) is 9.08. The molecule has 0 radical (unpaired) electrons. The predicted octanol–water partition coefficient (Wildman–Crippen LogP) is 2.47. The van der Waals surface area contributed by atoms with Crippen molar-refractivity contribution in [2.24, 2.45) is 0 Å². The van der Waals surface area contributed by atoms with E-state index in [1.165, 1.54) is 0 Å². The number of hydrogen-bond acceptors (Lipinski definition) is 3. The Kier molecular flexibility index (Phi) is 2.65. The Morgan fingerprint density at radius 3 is 2.87 bits per heavy atom. The molecule has 0 amide bonds. The molecule has 1 atom stereocenters. The Morgan fingerprint density at radius 1 is 1.53 bits per heavy atom. The molecular formula is C12H17NO2. The zero-order valence-electron chi connectivity index (χ0n) is 9.29. The van der Waals surface area contributed by atoms with E-state index < -0.39 is 0 Å². The minimum Gasteiger partial charge on any atom is -0.445 e. The molecule has 2 rings (SSSR count). The Balaban J connectivity index is 2.31. The molecule has 15 heavy (non-hydrogen) atoms. The van der Waals surface area contributed by atoms with Crippen LogP contribution >= 0.6 is 0 Å². The fraction of sp³-hybridized carbons (Fsp3) is 0.583. The first-order valence-electron chi connectivity index (χ1n) is 5.38. The lowest BCUT2D eigenvalue weighted by Crippen LogP contribution is -2.23. The second-order valence-electron chi connectivity index (χ2n) is 4.45. The van der Waals surface area contributed by atoms with Crippen LogP contribution in [0.25, 0.3) is 0 Å². The van der Waals surface area contributed by atoms with Crippen LogP contribution in [-0.2, 0) is 12.0 Å². The van der Waals surface area contributed by atoms with Crippen LogP contribution in [0.15, 0.2) is 16.6 Å². The quantitative estimate of drug-likeness (QED) is 0.758. The summed E-state index contributed by atoms with van der Waals surface area (Å²) in [7, 11) is 0. The van der Waals surface area contributed by atoms with E-state index >= 15 is 0 Å². The van der Waals surface area contributed by atoms with E-state index in [0.717, 1.165) is 30.9 Å². The fourth-order valence-corrected chi connectivity index (χ4v) is 1.99. The van der Waals surface area contributed by atoms with Crippen molar-refractivity contribution in [3.05, 3.63) is 29.5 Å². The molecule has 3 nitrogen and oxygen atoms in total. The third-order valence-corrected chi connectivity index (χ3v) is 3.16. The molecule has 1 N–H and O–H groups in total. The van der Waals surface area contributed by atoms with Crippen molar-refractivity contribution in [2.75, 3.05) is 0 Å². The standard InChI is InChI=1S/C12H17NO2/c1-9-10(8-14)13-11(15-9)12(2)6-4-3-5-7-12/h3-4,14H,5-8H2,1-2H3. The minimum atomic E-state index is -0.0404. The maximum Gasteiger partial charge on any atom is 0.200 e. The van der Waals surface area contributed by atoms with E-state index in [1.54, 1.807) is 0 Å². The summed E-state index contributed by atoms with van der Waals surface area (Å²) in [5.74, 6) is 1.51. The number of aryl methyl sites for hydroxylation is 1. The number of aliphatic hydroxyl groups is 1. The van der Waals surface area contributed by atoms with Crippen LogP contribution in [0.4, 0.5) is 0 Å². The largest absolute Gasteiger partial charge is 0.445 e. The molecule has 1 aliphatic rings. The van der Waals surface area contributed by atoms with Crippen molar-refractivity contribution >= 4 is 0 Å². The van der Waals surface area contributed by atoms with Gasteiger partial charge in [-0.3, -0.25) is 0 Å². The van der Waals surface area contributed by atoms with E-state index in [1.807, 2.05) is 6.92 Å². The molecule has 3 heteroatoms. The molecule has 0 bridgehead atoms. The number of nitrogens with zero attached hydrogens (tertiary/aromatic N) is 1. The molecule has 0 saturated carbocycles. The lowest BCUT2D eigenvalue weighted by atomic mass is 9.79. The van der Waals surface area contributed by atoms with Crippen LogP contribution in [0.2, 0.25) is 0 Å². The number of aliphatic hydroxyl groups excluding tert-OH is 1. The van der Waals surface area contributed by atoms with Gasteiger partial charge in [0.05, 0.1) is 6.61 Å². The van der Waals surface area contributed by atoms with Gasteiger partial charge in [0.25, 0.3) is 0 Å². The predicted molar refractivity (Wildman–Crippen MR) is 57.5 cm³/mol. The van der Waals surface area contributed by atoms with Crippen LogP contribution in [0.3, 0.4) is 0 Å². The highest BCUT2D eigenvalue weighted by atomic mass is 16.4. The number of rotatable bonds is 2. The fourth-order valence-electron chi connectivity index (χ4n) is 1.99. The van der Waals surface area contributed by atoms with Crippen molar-refractivity contribution in [3.8, 4) is 0 Å². The highest BCUT2D eigenvalue weighted by molar-refractivity contribution is 5.16. The van der Waals surface area contributed by atoms with Crippen molar-refractivity contribution in [2.45, 2.75) is 45.1 Å². The Hall–Kier alpha value is -1.09. The van der Waals surface area contributed by atoms with Gasteiger partial charge in [-0.05, 0) is 26.2 Å².